The van der Waals surface area contributed by atoms with Gasteiger partial charge in [-0.2, -0.15) is 0 Å². The van der Waals surface area contributed by atoms with E-state index in [-0.39, 0.29) is 5.78 Å². The molecule has 104 valence electrons. The number of carbonyl (C=O) groups excluding carboxylic acids is 1. The van der Waals surface area contributed by atoms with Crippen LogP contribution in [-0.4, -0.2) is 18.6 Å². The van der Waals surface area contributed by atoms with Gasteiger partial charge in [0.05, 0.1) is 12.9 Å². The van der Waals surface area contributed by atoms with Crippen LogP contribution < -0.4 is 4.74 Å². The quantitative estimate of drug-likeness (QED) is 0.753. The van der Waals surface area contributed by atoms with Crippen molar-refractivity contribution in [3.8, 4) is 5.75 Å². The average Bonchev–Trinajstić information content (AvgIpc) is 2.45. The Morgan fingerprint density at radius 2 is 1.95 bits per heavy atom. The Kier molecular flexibility index (Phi) is 5.24. The number of hydrogen-bond acceptors (Lipinski definition) is 3. The lowest BCUT2D eigenvalue weighted by molar-refractivity contribution is -0.116. The minimum atomic E-state index is 0.227. The fourth-order valence-corrected chi connectivity index (χ4v) is 2.80. The van der Waals surface area contributed by atoms with Gasteiger partial charge in [-0.05, 0) is 36.8 Å². The van der Waals surface area contributed by atoms with Crippen LogP contribution in [0.25, 0.3) is 0 Å². The molecule has 0 aromatic heterocycles. The Morgan fingerprint density at radius 1 is 1.15 bits per heavy atom. The first-order valence-corrected chi connectivity index (χ1v) is 7.50. The number of ether oxygens (including phenoxy) is 1. The van der Waals surface area contributed by atoms with Crippen LogP contribution in [0.5, 0.6) is 5.75 Å². The van der Waals surface area contributed by atoms with Crippen molar-refractivity contribution in [2.24, 2.45) is 0 Å². The van der Waals surface area contributed by atoms with Crippen molar-refractivity contribution < 1.29 is 9.53 Å². The molecule has 20 heavy (non-hydrogen) atoms. The standard InChI is InChI=1S/C17H18O2S/c1-13-5-3-8-17(9-13)20-12-15(18)10-14-6-4-7-16(11-14)19-2/h3-9,11H,10,12H2,1-2H3. The monoisotopic (exact) mass is 286 g/mol. The van der Waals surface area contributed by atoms with Gasteiger partial charge in [-0.15, -0.1) is 11.8 Å². The van der Waals surface area contributed by atoms with E-state index >= 15 is 0 Å². The van der Waals surface area contributed by atoms with Gasteiger partial charge < -0.3 is 4.74 Å². The zero-order valence-corrected chi connectivity index (χ0v) is 12.6. The van der Waals surface area contributed by atoms with Crippen molar-refractivity contribution in [2.45, 2.75) is 18.2 Å². The summed E-state index contributed by atoms with van der Waals surface area (Å²) in [4.78, 5) is 13.2. The summed E-state index contributed by atoms with van der Waals surface area (Å²) in [6.45, 7) is 2.06. The first kappa shape index (κ1) is 14.7. The second-order valence-corrected chi connectivity index (χ2v) is 5.72. The number of hydrogen-bond donors (Lipinski definition) is 0. The summed E-state index contributed by atoms with van der Waals surface area (Å²) < 4.78 is 5.16. The van der Waals surface area contributed by atoms with E-state index in [9.17, 15) is 4.79 Å². The Labute approximate surface area is 124 Å². The number of thioether (sulfide) groups is 1. The molecular formula is C17H18O2S. The lowest BCUT2D eigenvalue weighted by Gasteiger charge is -2.05. The van der Waals surface area contributed by atoms with Crippen LogP contribution >= 0.6 is 11.8 Å². The molecule has 2 nitrogen and oxygen atoms in total. The Bertz CT molecular complexity index is 593. The fraction of sp³-hybridized carbons (Fsp3) is 0.235. The predicted molar refractivity (Wildman–Crippen MR) is 83.6 cm³/mol. The molecule has 0 saturated heterocycles. The third-order valence-corrected chi connectivity index (χ3v) is 3.98. The highest BCUT2D eigenvalue weighted by Gasteiger charge is 2.06. The lowest BCUT2D eigenvalue weighted by Crippen LogP contribution is -2.05. The Hall–Kier alpha value is -1.74. The molecule has 2 rings (SSSR count). The van der Waals surface area contributed by atoms with Crippen LogP contribution in [0.3, 0.4) is 0 Å². The smallest absolute Gasteiger partial charge is 0.147 e. The summed E-state index contributed by atoms with van der Waals surface area (Å²) in [5.74, 6) is 1.52. The molecule has 0 saturated carbocycles. The topological polar surface area (TPSA) is 26.3 Å². The fourth-order valence-electron chi connectivity index (χ4n) is 1.93. The van der Waals surface area contributed by atoms with Gasteiger partial charge in [0, 0.05) is 11.3 Å². The van der Waals surface area contributed by atoms with E-state index in [1.165, 1.54) is 5.56 Å². The van der Waals surface area contributed by atoms with Crippen LogP contribution in [0.2, 0.25) is 0 Å². The summed E-state index contributed by atoms with van der Waals surface area (Å²) in [5.41, 5.74) is 2.22. The SMILES string of the molecule is COc1cccc(CC(=O)CSc2cccc(C)c2)c1. The number of carbonyl (C=O) groups is 1. The summed E-state index contributed by atoms with van der Waals surface area (Å²) in [7, 11) is 1.63. The van der Waals surface area contributed by atoms with Crippen molar-refractivity contribution in [1.29, 1.82) is 0 Å². The van der Waals surface area contributed by atoms with Gasteiger partial charge >= 0.3 is 0 Å². The van der Waals surface area contributed by atoms with Gasteiger partial charge in [-0.3, -0.25) is 4.79 Å². The summed E-state index contributed by atoms with van der Waals surface area (Å²) >= 11 is 1.59. The molecule has 0 heterocycles. The van der Waals surface area contributed by atoms with E-state index in [0.29, 0.717) is 12.2 Å². The van der Waals surface area contributed by atoms with Crippen molar-refractivity contribution in [3.05, 3.63) is 59.7 Å². The van der Waals surface area contributed by atoms with Crippen molar-refractivity contribution in [2.75, 3.05) is 12.9 Å². The average molecular weight is 286 g/mol. The number of Topliss-reactive ketones (excluding diaryl/α,β-unsaturated/α-hetero) is 1. The molecule has 0 N–H and O–H groups in total. The highest BCUT2D eigenvalue weighted by atomic mass is 32.2. The molecule has 0 aliphatic rings. The number of benzene rings is 2. The normalized spacial score (nSPS) is 10.3. The summed E-state index contributed by atoms with van der Waals surface area (Å²) in [6, 6.07) is 15.9. The number of rotatable bonds is 6. The molecule has 0 amide bonds. The first-order valence-electron chi connectivity index (χ1n) is 6.51. The van der Waals surface area contributed by atoms with Gasteiger partial charge in [0.15, 0.2) is 0 Å². The van der Waals surface area contributed by atoms with Crippen LogP contribution in [-0.2, 0) is 11.2 Å². The van der Waals surface area contributed by atoms with E-state index in [2.05, 4.69) is 19.1 Å². The predicted octanol–water partition coefficient (Wildman–Crippen LogP) is 3.91. The molecule has 0 aliphatic carbocycles. The van der Waals surface area contributed by atoms with Gasteiger partial charge in [0.1, 0.15) is 11.5 Å². The van der Waals surface area contributed by atoms with Gasteiger partial charge in [0.2, 0.25) is 0 Å². The molecule has 0 bridgehead atoms. The Balaban J connectivity index is 1.89. The van der Waals surface area contributed by atoms with E-state index in [4.69, 9.17) is 4.74 Å². The van der Waals surface area contributed by atoms with Crippen LogP contribution in [0.1, 0.15) is 11.1 Å². The second-order valence-electron chi connectivity index (χ2n) is 4.67. The number of methoxy groups -OCH3 is 1. The van der Waals surface area contributed by atoms with Crippen LogP contribution in [0.4, 0.5) is 0 Å². The second kappa shape index (κ2) is 7.15. The molecule has 0 spiro atoms. The van der Waals surface area contributed by atoms with E-state index in [1.54, 1.807) is 18.9 Å². The van der Waals surface area contributed by atoms with Gasteiger partial charge in [-0.1, -0.05) is 29.8 Å². The van der Waals surface area contributed by atoms with Gasteiger partial charge in [0.25, 0.3) is 0 Å². The molecule has 3 heteroatoms. The van der Waals surface area contributed by atoms with E-state index in [1.807, 2.05) is 36.4 Å². The highest BCUT2D eigenvalue weighted by molar-refractivity contribution is 8.00. The first-order chi connectivity index (χ1) is 9.67. The number of ketones is 1. The van der Waals surface area contributed by atoms with Gasteiger partial charge in [-0.25, -0.2) is 0 Å². The van der Waals surface area contributed by atoms with Crippen molar-refractivity contribution in [1.82, 2.24) is 0 Å². The molecule has 0 unspecified atom stereocenters. The van der Waals surface area contributed by atoms with Crippen molar-refractivity contribution in [3.63, 3.8) is 0 Å². The maximum atomic E-state index is 12.0. The highest BCUT2D eigenvalue weighted by Crippen LogP contribution is 2.20. The minimum absolute atomic E-state index is 0.227. The summed E-state index contributed by atoms with van der Waals surface area (Å²) in [5, 5.41) is 0. The van der Waals surface area contributed by atoms with E-state index in [0.717, 1.165) is 16.2 Å². The van der Waals surface area contributed by atoms with Crippen LogP contribution in [0, 0.1) is 6.92 Å². The lowest BCUT2D eigenvalue weighted by atomic mass is 10.1. The maximum absolute atomic E-state index is 12.0. The summed E-state index contributed by atoms with van der Waals surface area (Å²) in [6.07, 6.45) is 0.454. The molecule has 2 aromatic rings. The molecular weight excluding hydrogens is 268 g/mol. The third-order valence-electron chi connectivity index (χ3n) is 2.92. The number of aryl methyl sites for hydroxylation is 1. The molecule has 0 atom stereocenters. The molecule has 0 radical (unpaired) electrons. The molecule has 0 fully saturated rings. The zero-order chi connectivity index (χ0) is 14.4. The Morgan fingerprint density at radius 3 is 2.70 bits per heavy atom. The minimum Gasteiger partial charge on any atom is -0.497 e. The van der Waals surface area contributed by atoms with Crippen LogP contribution in [0.15, 0.2) is 53.4 Å². The maximum Gasteiger partial charge on any atom is 0.147 e. The van der Waals surface area contributed by atoms with E-state index < -0.39 is 0 Å². The largest absolute Gasteiger partial charge is 0.497 e. The zero-order valence-electron chi connectivity index (χ0n) is 11.8. The molecule has 2 aromatic carbocycles. The third kappa shape index (κ3) is 4.42. The van der Waals surface area contributed by atoms with Crippen molar-refractivity contribution >= 4 is 17.5 Å². The molecule has 0 aliphatic heterocycles.